The third-order valence-electron chi connectivity index (χ3n) is 2.25. The van der Waals surface area contributed by atoms with Crippen molar-refractivity contribution in [2.24, 2.45) is 0 Å². The predicted molar refractivity (Wildman–Crippen MR) is 56.3 cm³/mol. The van der Waals surface area contributed by atoms with Crippen LogP contribution in [0.1, 0.15) is 0 Å². The Hall–Kier alpha value is -1.43. The first-order chi connectivity index (χ1) is 7.00. The van der Waals surface area contributed by atoms with Crippen LogP contribution in [-0.4, -0.2) is 13.0 Å². The van der Waals surface area contributed by atoms with Crippen molar-refractivity contribution in [3.05, 3.63) is 36.4 Å². The minimum Gasteiger partial charge on any atom is -0.325 e. The average molecular weight is 224 g/mol. The number of fused-ring (bicyclic) bond motifs is 1. The maximum Gasteiger partial charge on any atom is 0.295 e. The van der Waals surface area contributed by atoms with Gasteiger partial charge in [-0.2, -0.15) is 8.42 Å². The maximum absolute atomic E-state index is 11.1. The largest absolute Gasteiger partial charge is 0.325 e. The topological polar surface area (TPSA) is 82.0 Å². The fourth-order valence-corrected chi connectivity index (χ4v) is 2.25. The lowest BCUT2D eigenvalue weighted by atomic mass is 10.1. The minimum absolute atomic E-state index is 0.0782. The van der Waals surface area contributed by atoms with Crippen LogP contribution in [0.2, 0.25) is 0 Å². The number of rotatable bonds is 1. The van der Waals surface area contributed by atoms with E-state index in [2.05, 4.69) is 5.73 Å². The second-order valence-corrected chi connectivity index (χ2v) is 4.63. The highest BCUT2D eigenvalue weighted by Gasteiger charge is 2.15. The lowest BCUT2D eigenvalue weighted by Crippen LogP contribution is -2.40. The van der Waals surface area contributed by atoms with E-state index in [1.165, 1.54) is 6.07 Å². The first kappa shape index (κ1) is 10.1. The number of benzene rings is 2. The molecule has 15 heavy (non-hydrogen) atoms. The summed E-state index contributed by atoms with van der Waals surface area (Å²) in [4.78, 5) is -0.0782. The zero-order chi connectivity index (χ0) is 11.1. The molecule has 0 heterocycles. The van der Waals surface area contributed by atoms with E-state index in [4.69, 9.17) is 4.55 Å². The van der Waals surface area contributed by atoms with Gasteiger partial charge in [0.15, 0.2) is 0 Å². The molecule has 0 spiro atoms. The summed E-state index contributed by atoms with van der Waals surface area (Å²) in [6.07, 6.45) is 0. The van der Waals surface area contributed by atoms with E-state index in [0.29, 0.717) is 5.39 Å². The molecule has 78 valence electrons. The molecule has 0 aliphatic carbocycles. The summed E-state index contributed by atoms with van der Waals surface area (Å²) in [5, 5.41) is 1.22. The molecule has 0 aliphatic rings. The van der Waals surface area contributed by atoms with Gasteiger partial charge in [0.25, 0.3) is 10.1 Å². The van der Waals surface area contributed by atoms with E-state index < -0.39 is 10.1 Å². The molecule has 0 aliphatic heterocycles. The van der Waals surface area contributed by atoms with Gasteiger partial charge in [0.2, 0.25) is 0 Å². The molecule has 0 unspecified atom stereocenters. The summed E-state index contributed by atoms with van der Waals surface area (Å²) in [5.41, 5.74) is 4.53. The molecule has 5 heteroatoms. The van der Waals surface area contributed by atoms with Gasteiger partial charge in [-0.25, -0.2) is 0 Å². The van der Waals surface area contributed by atoms with Crippen LogP contribution in [0.3, 0.4) is 0 Å². The molecule has 2 rings (SSSR count). The first-order valence-corrected chi connectivity index (χ1v) is 5.75. The Kier molecular flexibility index (Phi) is 2.22. The number of quaternary nitrogens is 1. The molecule has 0 radical (unpaired) electrons. The van der Waals surface area contributed by atoms with Crippen molar-refractivity contribution in [1.82, 2.24) is 0 Å². The lowest BCUT2D eigenvalue weighted by Gasteiger charge is -2.03. The Morgan fingerprint density at radius 3 is 2.20 bits per heavy atom. The Balaban J connectivity index is 2.96. The van der Waals surface area contributed by atoms with Gasteiger partial charge >= 0.3 is 0 Å². The highest BCUT2D eigenvalue weighted by atomic mass is 32.2. The Labute approximate surface area is 87.1 Å². The van der Waals surface area contributed by atoms with E-state index in [0.717, 1.165) is 11.1 Å². The third-order valence-corrected chi connectivity index (χ3v) is 3.16. The number of hydrogen-bond acceptors (Lipinski definition) is 2. The fraction of sp³-hybridized carbons (Fsp3) is 0. The molecular formula is C10H10NO3S+. The summed E-state index contributed by atoms with van der Waals surface area (Å²) >= 11 is 0. The molecule has 0 amide bonds. The van der Waals surface area contributed by atoms with Crippen molar-refractivity contribution in [2.75, 3.05) is 0 Å². The first-order valence-electron chi connectivity index (χ1n) is 4.31. The molecule has 4 N–H and O–H groups in total. The molecular weight excluding hydrogens is 214 g/mol. The van der Waals surface area contributed by atoms with Crippen LogP contribution < -0.4 is 5.73 Å². The molecule has 0 atom stereocenters. The van der Waals surface area contributed by atoms with Crippen molar-refractivity contribution < 1.29 is 18.7 Å². The predicted octanol–water partition coefficient (Wildman–Crippen LogP) is 0.960. The zero-order valence-electron chi connectivity index (χ0n) is 7.84. The van der Waals surface area contributed by atoms with Gasteiger partial charge < -0.3 is 5.73 Å². The summed E-state index contributed by atoms with van der Waals surface area (Å²) in [6, 6.07) is 9.87. The Morgan fingerprint density at radius 1 is 1.00 bits per heavy atom. The minimum atomic E-state index is -4.17. The molecule has 2 aromatic rings. The number of hydrogen-bond donors (Lipinski definition) is 2. The maximum atomic E-state index is 11.1. The molecule has 0 aromatic heterocycles. The van der Waals surface area contributed by atoms with Crippen LogP contribution in [0.25, 0.3) is 10.8 Å². The van der Waals surface area contributed by atoms with Gasteiger partial charge in [-0.1, -0.05) is 18.2 Å². The zero-order valence-corrected chi connectivity index (χ0v) is 8.66. The molecule has 4 nitrogen and oxygen atoms in total. The van der Waals surface area contributed by atoms with E-state index in [1.807, 2.05) is 0 Å². The quantitative estimate of drug-likeness (QED) is 0.708. The Bertz CT molecular complexity index is 620. The van der Waals surface area contributed by atoms with Crippen LogP contribution >= 0.6 is 0 Å². The Morgan fingerprint density at radius 2 is 1.60 bits per heavy atom. The van der Waals surface area contributed by atoms with Gasteiger partial charge in [-0.3, -0.25) is 4.55 Å². The normalized spacial score (nSPS) is 11.9. The van der Waals surface area contributed by atoms with Gasteiger partial charge in [-0.05, 0) is 12.1 Å². The van der Waals surface area contributed by atoms with Gasteiger partial charge in [0.05, 0.1) is 0 Å². The SMILES string of the molecule is [NH3+]c1ccc(S(=O)(=O)O)c2ccccc12. The molecule has 0 saturated carbocycles. The van der Waals surface area contributed by atoms with Crippen LogP contribution in [0.5, 0.6) is 0 Å². The fourth-order valence-electron chi connectivity index (χ4n) is 1.56. The van der Waals surface area contributed by atoms with Crippen LogP contribution in [0.4, 0.5) is 5.69 Å². The van der Waals surface area contributed by atoms with Crippen molar-refractivity contribution in [2.45, 2.75) is 4.90 Å². The average Bonchev–Trinajstić information content (AvgIpc) is 2.17. The van der Waals surface area contributed by atoms with Gasteiger partial charge in [-0.15, -0.1) is 0 Å². The van der Waals surface area contributed by atoms with Crippen molar-refractivity contribution in [3.8, 4) is 0 Å². The standard InChI is InChI=1S/C10H9NO3S/c11-9-5-6-10(15(12,13)14)8-4-2-1-3-7(8)9/h1-6H,11H2,(H,12,13,14)/p+1. The summed E-state index contributed by atoms with van der Waals surface area (Å²) in [6.45, 7) is 0. The van der Waals surface area contributed by atoms with E-state index in [1.54, 1.807) is 30.3 Å². The highest BCUT2D eigenvalue weighted by molar-refractivity contribution is 7.86. The third kappa shape index (κ3) is 1.72. The van der Waals surface area contributed by atoms with Crippen molar-refractivity contribution in [3.63, 3.8) is 0 Å². The second-order valence-electron chi connectivity index (χ2n) is 3.24. The van der Waals surface area contributed by atoms with Crippen LogP contribution in [-0.2, 0) is 10.1 Å². The molecule has 0 fully saturated rings. The van der Waals surface area contributed by atoms with Crippen LogP contribution in [0, 0.1) is 0 Å². The highest BCUT2D eigenvalue weighted by Crippen LogP contribution is 2.26. The van der Waals surface area contributed by atoms with E-state index in [-0.39, 0.29) is 4.90 Å². The van der Waals surface area contributed by atoms with Crippen molar-refractivity contribution >= 4 is 26.6 Å². The summed E-state index contributed by atoms with van der Waals surface area (Å²) in [7, 11) is -4.17. The molecule has 2 aromatic carbocycles. The molecule has 0 bridgehead atoms. The lowest BCUT2D eigenvalue weighted by molar-refractivity contribution is -0.252. The van der Waals surface area contributed by atoms with Crippen LogP contribution in [0.15, 0.2) is 41.3 Å². The summed E-state index contributed by atoms with van der Waals surface area (Å²) < 4.78 is 31.2. The smallest absolute Gasteiger partial charge is 0.295 e. The van der Waals surface area contributed by atoms with Gasteiger partial charge in [0.1, 0.15) is 10.6 Å². The summed E-state index contributed by atoms with van der Waals surface area (Å²) in [5.74, 6) is 0. The van der Waals surface area contributed by atoms with E-state index >= 15 is 0 Å². The van der Waals surface area contributed by atoms with Gasteiger partial charge in [0, 0.05) is 16.8 Å². The monoisotopic (exact) mass is 224 g/mol. The second kappa shape index (κ2) is 3.30. The molecule has 0 saturated heterocycles. The van der Waals surface area contributed by atoms with E-state index in [9.17, 15) is 8.42 Å². The van der Waals surface area contributed by atoms with Crippen molar-refractivity contribution in [1.29, 1.82) is 0 Å².